The van der Waals surface area contributed by atoms with Crippen LogP contribution in [0.4, 0.5) is 0 Å². The summed E-state index contributed by atoms with van der Waals surface area (Å²) in [6.45, 7) is 2.10. The zero-order valence-corrected chi connectivity index (χ0v) is 13.7. The molecule has 24 heavy (non-hydrogen) atoms. The first-order valence-electron chi connectivity index (χ1n) is 7.99. The molecule has 2 heteroatoms. The minimum Gasteiger partial charge on any atom is -0.497 e. The van der Waals surface area contributed by atoms with Gasteiger partial charge in [-0.25, -0.2) is 0 Å². The van der Waals surface area contributed by atoms with E-state index in [4.69, 9.17) is 9.15 Å². The smallest absolute Gasteiger partial charge is 0.143 e. The van der Waals surface area contributed by atoms with Gasteiger partial charge in [0.2, 0.25) is 0 Å². The quantitative estimate of drug-likeness (QED) is 0.457. The van der Waals surface area contributed by atoms with Gasteiger partial charge in [0.25, 0.3) is 0 Å². The minimum atomic E-state index is 0.851. The van der Waals surface area contributed by atoms with Gasteiger partial charge in [0.05, 0.1) is 7.11 Å². The molecule has 0 aliphatic rings. The molecule has 0 radical (unpaired) electrons. The van der Waals surface area contributed by atoms with Crippen LogP contribution >= 0.6 is 0 Å². The second-order valence-corrected chi connectivity index (χ2v) is 5.90. The zero-order valence-electron chi connectivity index (χ0n) is 13.7. The van der Waals surface area contributed by atoms with E-state index in [-0.39, 0.29) is 0 Å². The summed E-state index contributed by atoms with van der Waals surface area (Å²) >= 11 is 0. The predicted molar refractivity (Wildman–Crippen MR) is 98.4 cm³/mol. The van der Waals surface area contributed by atoms with Crippen molar-refractivity contribution in [3.05, 3.63) is 78.4 Å². The first kappa shape index (κ1) is 14.6. The lowest BCUT2D eigenvalue weighted by Gasteiger charge is -2.06. The van der Waals surface area contributed by atoms with E-state index in [1.807, 2.05) is 36.4 Å². The Balaban J connectivity index is 2.01. The molecule has 4 rings (SSSR count). The van der Waals surface area contributed by atoms with Crippen LogP contribution in [-0.4, -0.2) is 7.11 Å². The Hall–Kier alpha value is -3.00. The summed E-state index contributed by atoms with van der Waals surface area (Å²) in [5, 5.41) is 1.14. The summed E-state index contributed by atoms with van der Waals surface area (Å²) in [4.78, 5) is 0. The van der Waals surface area contributed by atoms with E-state index in [0.717, 1.165) is 39.2 Å². The lowest BCUT2D eigenvalue weighted by Crippen LogP contribution is -1.84. The first-order chi connectivity index (χ1) is 11.8. The standard InChI is InChI=1S/C22H18O2/c1-15-8-13-20-19(14-15)21(16-9-11-18(23-2)12-10-16)22(24-20)17-6-4-3-5-7-17/h3-14H,1-2H3. The molecule has 0 N–H and O–H groups in total. The van der Waals surface area contributed by atoms with Gasteiger partial charge in [-0.2, -0.15) is 0 Å². The van der Waals surface area contributed by atoms with Crippen LogP contribution in [0.5, 0.6) is 5.75 Å². The maximum absolute atomic E-state index is 6.22. The highest BCUT2D eigenvalue weighted by molar-refractivity contribution is 6.02. The summed E-state index contributed by atoms with van der Waals surface area (Å²) in [5.74, 6) is 1.75. The summed E-state index contributed by atoms with van der Waals surface area (Å²) < 4.78 is 11.5. The zero-order chi connectivity index (χ0) is 16.5. The van der Waals surface area contributed by atoms with Gasteiger partial charge in [0.1, 0.15) is 17.1 Å². The average Bonchev–Trinajstić information content (AvgIpc) is 3.01. The van der Waals surface area contributed by atoms with E-state index in [9.17, 15) is 0 Å². The Bertz CT molecular complexity index is 980. The molecule has 0 fully saturated rings. The number of hydrogen-bond donors (Lipinski definition) is 0. The number of hydrogen-bond acceptors (Lipinski definition) is 2. The molecule has 0 spiro atoms. The van der Waals surface area contributed by atoms with Crippen molar-refractivity contribution in [1.29, 1.82) is 0 Å². The third kappa shape index (κ3) is 2.46. The van der Waals surface area contributed by atoms with Gasteiger partial charge >= 0.3 is 0 Å². The third-order valence-electron chi connectivity index (χ3n) is 4.26. The van der Waals surface area contributed by atoms with Gasteiger partial charge in [0.15, 0.2) is 0 Å². The van der Waals surface area contributed by atoms with Crippen LogP contribution in [0.2, 0.25) is 0 Å². The van der Waals surface area contributed by atoms with Crippen LogP contribution in [0.15, 0.2) is 77.2 Å². The molecule has 2 nitrogen and oxygen atoms in total. The van der Waals surface area contributed by atoms with E-state index in [0.29, 0.717) is 0 Å². The summed E-state index contributed by atoms with van der Waals surface area (Å²) in [5.41, 5.74) is 5.46. The second kappa shape index (κ2) is 5.89. The van der Waals surface area contributed by atoms with Crippen LogP contribution in [0.1, 0.15) is 5.56 Å². The maximum atomic E-state index is 6.22. The van der Waals surface area contributed by atoms with Crippen molar-refractivity contribution in [2.75, 3.05) is 7.11 Å². The molecule has 0 unspecified atom stereocenters. The average molecular weight is 314 g/mol. The number of fused-ring (bicyclic) bond motifs is 1. The van der Waals surface area contributed by atoms with Crippen molar-refractivity contribution < 1.29 is 9.15 Å². The Morgan fingerprint density at radius 1 is 0.792 bits per heavy atom. The molecular formula is C22H18O2. The van der Waals surface area contributed by atoms with E-state index in [1.165, 1.54) is 5.56 Å². The molecule has 0 aliphatic carbocycles. The monoisotopic (exact) mass is 314 g/mol. The number of ether oxygens (including phenoxy) is 1. The lowest BCUT2D eigenvalue weighted by atomic mass is 9.98. The highest BCUT2D eigenvalue weighted by atomic mass is 16.5. The fraction of sp³-hybridized carbons (Fsp3) is 0.0909. The van der Waals surface area contributed by atoms with Gasteiger partial charge in [-0.3, -0.25) is 0 Å². The number of methoxy groups -OCH3 is 1. The molecular weight excluding hydrogens is 296 g/mol. The van der Waals surface area contributed by atoms with Crippen LogP contribution in [0.3, 0.4) is 0 Å². The van der Waals surface area contributed by atoms with Crippen molar-refractivity contribution in [2.45, 2.75) is 6.92 Å². The Morgan fingerprint density at radius 3 is 2.25 bits per heavy atom. The molecule has 1 heterocycles. The van der Waals surface area contributed by atoms with Crippen molar-refractivity contribution in [2.24, 2.45) is 0 Å². The van der Waals surface area contributed by atoms with Crippen molar-refractivity contribution in [3.63, 3.8) is 0 Å². The normalized spacial score (nSPS) is 10.9. The van der Waals surface area contributed by atoms with Gasteiger partial charge in [0, 0.05) is 16.5 Å². The first-order valence-corrected chi connectivity index (χ1v) is 7.99. The highest BCUT2D eigenvalue weighted by Gasteiger charge is 2.17. The number of benzene rings is 3. The molecule has 0 amide bonds. The Labute approximate surface area is 141 Å². The summed E-state index contributed by atoms with van der Waals surface area (Å²) in [7, 11) is 1.68. The number of rotatable bonds is 3. The van der Waals surface area contributed by atoms with Crippen molar-refractivity contribution in [1.82, 2.24) is 0 Å². The van der Waals surface area contributed by atoms with Crippen LogP contribution < -0.4 is 4.74 Å². The summed E-state index contributed by atoms with van der Waals surface area (Å²) in [6.07, 6.45) is 0. The van der Waals surface area contributed by atoms with Gasteiger partial charge in [-0.05, 0) is 36.8 Å². The van der Waals surface area contributed by atoms with Crippen LogP contribution in [0.25, 0.3) is 33.4 Å². The van der Waals surface area contributed by atoms with E-state index < -0.39 is 0 Å². The number of furan rings is 1. The Kier molecular flexibility index (Phi) is 3.58. The molecule has 0 atom stereocenters. The van der Waals surface area contributed by atoms with Gasteiger partial charge < -0.3 is 9.15 Å². The molecule has 0 saturated carbocycles. The van der Waals surface area contributed by atoms with E-state index >= 15 is 0 Å². The van der Waals surface area contributed by atoms with Crippen LogP contribution in [-0.2, 0) is 0 Å². The molecule has 1 aromatic heterocycles. The fourth-order valence-corrected chi connectivity index (χ4v) is 3.05. The van der Waals surface area contributed by atoms with Crippen molar-refractivity contribution in [3.8, 4) is 28.2 Å². The molecule has 0 bridgehead atoms. The summed E-state index contributed by atoms with van der Waals surface area (Å²) in [6, 6.07) is 24.7. The fourth-order valence-electron chi connectivity index (χ4n) is 3.05. The molecule has 118 valence electrons. The SMILES string of the molecule is COc1ccc(-c2c(-c3ccccc3)oc3ccc(C)cc23)cc1. The van der Waals surface area contributed by atoms with Gasteiger partial charge in [-0.15, -0.1) is 0 Å². The maximum Gasteiger partial charge on any atom is 0.143 e. The van der Waals surface area contributed by atoms with E-state index in [1.54, 1.807) is 7.11 Å². The molecule has 0 aliphatic heterocycles. The van der Waals surface area contributed by atoms with Gasteiger partial charge in [-0.1, -0.05) is 54.1 Å². The predicted octanol–water partition coefficient (Wildman–Crippen LogP) is 6.08. The topological polar surface area (TPSA) is 22.4 Å². The van der Waals surface area contributed by atoms with Crippen molar-refractivity contribution >= 4 is 11.0 Å². The number of aryl methyl sites for hydroxylation is 1. The highest BCUT2D eigenvalue weighted by Crippen LogP contribution is 2.41. The molecule has 4 aromatic rings. The second-order valence-electron chi connectivity index (χ2n) is 5.90. The molecule has 0 saturated heterocycles. The largest absolute Gasteiger partial charge is 0.497 e. The Morgan fingerprint density at radius 2 is 1.54 bits per heavy atom. The minimum absolute atomic E-state index is 0.851. The lowest BCUT2D eigenvalue weighted by molar-refractivity contribution is 0.415. The third-order valence-corrected chi connectivity index (χ3v) is 4.26. The van der Waals surface area contributed by atoms with Crippen LogP contribution in [0, 0.1) is 6.92 Å². The van der Waals surface area contributed by atoms with E-state index in [2.05, 4.69) is 43.3 Å². The molecule has 3 aromatic carbocycles.